The van der Waals surface area contributed by atoms with Gasteiger partial charge in [-0.25, -0.2) is 4.98 Å². The van der Waals surface area contributed by atoms with Gasteiger partial charge in [0.1, 0.15) is 11.6 Å². The maximum atomic E-state index is 10.0. The van der Waals surface area contributed by atoms with Crippen LogP contribution in [0.2, 0.25) is 5.02 Å². The summed E-state index contributed by atoms with van der Waals surface area (Å²) in [4.78, 5) is 4.59. The number of nitrogens with zero attached hydrogens (tertiary/aromatic N) is 2. The molecule has 3 rings (SSSR count). The number of rotatable bonds is 1. The first-order valence-corrected chi connectivity index (χ1v) is 6.36. The van der Waals surface area contributed by atoms with Crippen LogP contribution < -0.4 is 0 Å². The van der Waals surface area contributed by atoms with E-state index in [9.17, 15) is 5.11 Å². The van der Waals surface area contributed by atoms with E-state index in [0.717, 1.165) is 22.4 Å². The SMILES string of the molecule is Cc1cccc2nc(-c3ccc(Cl)cc3O)n(C)c12. The van der Waals surface area contributed by atoms with Crippen LogP contribution in [0.5, 0.6) is 5.75 Å². The first-order valence-electron chi connectivity index (χ1n) is 5.99. The Kier molecular flexibility index (Phi) is 2.72. The molecular weight excluding hydrogens is 260 g/mol. The first-order chi connectivity index (χ1) is 9.08. The monoisotopic (exact) mass is 272 g/mol. The van der Waals surface area contributed by atoms with Gasteiger partial charge in [0, 0.05) is 12.1 Å². The van der Waals surface area contributed by atoms with Crippen molar-refractivity contribution in [2.75, 3.05) is 0 Å². The van der Waals surface area contributed by atoms with E-state index in [4.69, 9.17) is 11.6 Å². The van der Waals surface area contributed by atoms with E-state index in [1.165, 1.54) is 6.07 Å². The number of halogens is 1. The molecule has 0 bridgehead atoms. The largest absolute Gasteiger partial charge is 0.507 e. The number of hydrogen-bond donors (Lipinski definition) is 1. The zero-order chi connectivity index (χ0) is 13.6. The minimum Gasteiger partial charge on any atom is -0.507 e. The van der Waals surface area contributed by atoms with Gasteiger partial charge in [0.15, 0.2) is 0 Å². The number of aromatic hydroxyl groups is 1. The van der Waals surface area contributed by atoms with Gasteiger partial charge >= 0.3 is 0 Å². The molecular formula is C15H13ClN2O. The van der Waals surface area contributed by atoms with E-state index < -0.39 is 0 Å². The molecule has 1 aromatic heterocycles. The van der Waals surface area contributed by atoms with Crippen LogP contribution in [0.4, 0.5) is 0 Å². The second-order valence-electron chi connectivity index (χ2n) is 4.60. The Hall–Kier alpha value is -2.00. The molecule has 0 radical (unpaired) electrons. The van der Waals surface area contributed by atoms with Crippen molar-refractivity contribution in [3.63, 3.8) is 0 Å². The van der Waals surface area contributed by atoms with Crippen molar-refractivity contribution >= 4 is 22.6 Å². The van der Waals surface area contributed by atoms with Crippen LogP contribution in [0, 0.1) is 6.92 Å². The van der Waals surface area contributed by atoms with Crippen LogP contribution in [-0.2, 0) is 7.05 Å². The lowest BCUT2D eigenvalue weighted by molar-refractivity contribution is 0.476. The highest BCUT2D eigenvalue weighted by atomic mass is 35.5. The lowest BCUT2D eigenvalue weighted by atomic mass is 10.2. The third kappa shape index (κ3) is 1.87. The molecule has 4 heteroatoms. The Morgan fingerprint density at radius 1 is 1.21 bits per heavy atom. The normalized spacial score (nSPS) is 11.1. The van der Waals surface area contributed by atoms with Crippen molar-refractivity contribution in [2.45, 2.75) is 6.92 Å². The van der Waals surface area contributed by atoms with Crippen LogP contribution in [0.15, 0.2) is 36.4 Å². The van der Waals surface area contributed by atoms with Gasteiger partial charge in [0.05, 0.1) is 16.6 Å². The number of hydrogen-bond acceptors (Lipinski definition) is 2. The summed E-state index contributed by atoms with van der Waals surface area (Å²) in [6, 6.07) is 11.1. The second-order valence-corrected chi connectivity index (χ2v) is 5.03. The second kappa shape index (κ2) is 4.28. The molecule has 3 aromatic rings. The van der Waals surface area contributed by atoms with Crippen molar-refractivity contribution in [3.8, 4) is 17.1 Å². The highest BCUT2D eigenvalue weighted by Gasteiger charge is 2.14. The molecule has 0 atom stereocenters. The molecule has 0 saturated heterocycles. The van der Waals surface area contributed by atoms with Crippen LogP contribution >= 0.6 is 11.6 Å². The van der Waals surface area contributed by atoms with Crippen LogP contribution in [0.25, 0.3) is 22.4 Å². The van der Waals surface area contributed by atoms with Gasteiger partial charge in [0.25, 0.3) is 0 Å². The minimum absolute atomic E-state index is 0.142. The number of benzene rings is 2. The fourth-order valence-corrected chi connectivity index (χ4v) is 2.57. The standard InChI is InChI=1S/C15H13ClN2O/c1-9-4-3-5-12-14(9)18(2)15(17-12)11-7-6-10(16)8-13(11)19/h3-8,19H,1-2H3. The molecule has 0 fully saturated rings. The van der Waals surface area contributed by atoms with Gasteiger partial charge in [-0.3, -0.25) is 0 Å². The van der Waals surface area contributed by atoms with E-state index in [1.54, 1.807) is 12.1 Å². The third-order valence-electron chi connectivity index (χ3n) is 3.30. The van der Waals surface area contributed by atoms with Gasteiger partial charge in [-0.2, -0.15) is 0 Å². The predicted molar refractivity (Wildman–Crippen MR) is 77.6 cm³/mol. The Labute approximate surface area is 116 Å². The molecule has 0 unspecified atom stereocenters. The third-order valence-corrected chi connectivity index (χ3v) is 3.53. The number of imidazole rings is 1. The average Bonchev–Trinajstić information content (AvgIpc) is 2.68. The topological polar surface area (TPSA) is 38.1 Å². The number of fused-ring (bicyclic) bond motifs is 1. The fourth-order valence-electron chi connectivity index (χ4n) is 2.40. The highest BCUT2D eigenvalue weighted by molar-refractivity contribution is 6.30. The molecule has 3 nitrogen and oxygen atoms in total. The smallest absolute Gasteiger partial charge is 0.144 e. The maximum absolute atomic E-state index is 10.0. The van der Waals surface area contributed by atoms with Crippen molar-refractivity contribution in [1.82, 2.24) is 9.55 Å². The molecule has 1 N–H and O–H groups in total. The Balaban J connectivity index is 2.31. The van der Waals surface area contributed by atoms with Crippen molar-refractivity contribution < 1.29 is 5.11 Å². The molecule has 0 amide bonds. The zero-order valence-corrected chi connectivity index (χ0v) is 11.4. The summed E-state index contributed by atoms with van der Waals surface area (Å²) >= 11 is 5.86. The molecule has 0 saturated carbocycles. The molecule has 0 aliphatic carbocycles. The Morgan fingerprint density at radius 3 is 2.68 bits per heavy atom. The minimum atomic E-state index is 0.142. The van der Waals surface area contributed by atoms with E-state index in [-0.39, 0.29) is 5.75 Å². The number of aromatic nitrogens is 2. The molecule has 1 heterocycles. The Bertz CT molecular complexity index is 777. The van der Waals surface area contributed by atoms with Crippen molar-refractivity contribution in [1.29, 1.82) is 0 Å². The summed E-state index contributed by atoms with van der Waals surface area (Å²) < 4.78 is 1.99. The van der Waals surface area contributed by atoms with Gasteiger partial charge in [-0.15, -0.1) is 0 Å². The number of phenols is 1. The molecule has 0 spiro atoms. The summed E-state index contributed by atoms with van der Waals surface area (Å²) in [5, 5.41) is 10.5. The molecule has 19 heavy (non-hydrogen) atoms. The molecule has 2 aromatic carbocycles. The summed E-state index contributed by atoms with van der Waals surface area (Å²) in [6.45, 7) is 2.05. The Morgan fingerprint density at radius 2 is 2.00 bits per heavy atom. The fraction of sp³-hybridized carbons (Fsp3) is 0.133. The summed E-state index contributed by atoms with van der Waals surface area (Å²) in [5.74, 6) is 0.877. The number of phenolic OH excluding ortho intramolecular Hbond substituents is 1. The van der Waals surface area contributed by atoms with Crippen LogP contribution in [-0.4, -0.2) is 14.7 Å². The molecule has 0 aliphatic heterocycles. The quantitative estimate of drug-likeness (QED) is 0.729. The number of para-hydroxylation sites is 1. The van der Waals surface area contributed by atoms with Gasteiger partial charge in [0.2, 0.25) is 0 Å². The predicted octanol–water partition coefficient (Wildman–Crippen LogP) is 3.91. The zero-order valence-electron chi connectivity index (χ0n) is 10.7. The van der Waals surface area contributed by atoms with E-state index in [0.29, 0.717) is 10.6 Å². The van der Waals surface area contributed by atoms with E-state index in [1.807, 2.05) is 23.7 Å². The average molecular weight is 273 g/mol. The summed E-state index contributed by atoms with van der Waals surface area (Å²) in [5.41, 5.74) is 3.84. The lowest BCUT2D eigenvalue weighted by Gasteiger charge is -2.06. The first kappa shape index (κ1) is 12.1. The van der Waals surface area contributed by atoms with Crippen molar-refractivity contribution in [2.24, 2.45) is 7.05 Å². The molecule has 0 aliphatic rings. The molecule has 96 valence electrons. The van der Waals surface area contributed by atoms with Gasteiger partial charge < -0.3 is 9.67 Å². The van der Waals surface area contributed by atoms with Crippen molar-refractivity contribution in [3.05, 3.63) is 47.0 Å². The van der Waals surface area contributed by atoms with E-state index in [2.05, 4.69) is 18.0 Å². The van der Waals surface area contributed by atoms with E-state index >= 15 is 0 Å². The van der Waals surface area contributed by atoms with Gasteiger partial charge in [-0.1, -0.05) is 23.7 Å². The van der Waals surface area contributed by atoms with Crippen LogP contribution in [0.1, 0.15) is 5.56 Å². The lowest BCUT2D eigenvalue weighted by Crippen LogP contribution is -1.94. The number of aryl methyl sites for hydroxylation is 2. The van der Waals surface area contributed by atoms with Gasteiger partial charge in [-0.05, 0) is 36.8 Å². The highest BCUT2D eigenvalue weighted by Crippen LogP contribution is 2.33. The summed E-state index contributed by atoms with van der Waals surface area (Å²) in [7, 11) is 1.95. The maximum Gasteiger partial charge on any atom is 0.144 e. The summed E-state index contributed by atoms with van der Waals surface area (Å²) in [6.07, 6.45) is 0. The van der Waals surface area contributed by atoms with Crippen LogP contribution in [0.3, 0.4) is 0 Å².